The van der Waals surface area contributed by atoms with Crippen LogP contribution in [0.25, 0.3) is 0 Å². The third-order valence-corrected chi connectivity index (χ3v) is 3.22. The molecule has 3 rings (SSSR count). The van der Waals surface area contributed by atoms with Gasteiger partial charge in [-0.2, -0.15) is 0 Å². The summed E-state index contributed by atoms with van der Waals surface area (Å²) in [6.45, 7) is 2.13. The number of anilines is 3. The van der Waals surface area contributed by atoms with Gasteiger partial charge in [-0.15, -0.1) is 0 Å². The van der Waals surface area contributed by atoms with Crippen molar-refractivity contribution in [2.24, 2.45) is 0 Å². The van der Waals surface area contributed by atoms with Crippen LogP contribution in [0.3, 0.4) is 0 Å². The predicted molar refractivity (Wildman–Crippen MR) is 75.6 cm³/mol. The zero-order chi connectivity index (χ0) is 12.9. The topological polar surface area (TPSA) is 77.7 Å². The molecule has 0 radical (unpaired) electrons. The minimum absolute atomic E-state index is 0.495. The van der Waals surface area contributed by atoms with Gasteiger partial charge in [0.2, 0.25) is 0 Å². The van der Waals surface area contributed by atoms with Crippen LogP contribution in [0.4, 0.5) is 17.5 Å². The molecule has 0 aliphatic carbocycles. The van der Waals surface area contributed by atoms with E-state index in [1.165, 1.54) is 0 Å². The molecule has 3 heterocycles. The molecular weight excluding hydrogens is 240 g/mol. The van der Waals surface area contributed by atoms with Gasteiger partial charge in [-0.05, 0) is 38.1 Å². The fourth-order valence-electron chi connectivity index (χ4n) is 2.23. The van der Waals surface area contributed by atoms with Gasteiger partial charge in [0.15, 0.2) is 0 Å². The van der Waals surface area contributed by atoms with Crippen LogP contribution in [0.15, 0.2) is 30.7 Å². The zero-order valence-electron chi connectivity index (χ0n) is 10.7. The van der Waals surface area contributed by atoms with E-state index in [9.17, 15) is 0 Å². The molecule has 6 nitrogen and oxygen atoms in total. The second kappa shape index (κ2) is 5.71. The molecule has 6 heteroatoms. The first-order valence-electron chi connectivity index (χ1n) is 6.60. The lowest BCUT2D eigenvalue weighted by Gasteiger charge is -2.24. The highest BCUT2D eigenvalue weighted by molar-refractivity contribution is 5.55. The minimum atomic E-state index is 0.495. The summed E-state index contributed by atoms with van der Waals surface area (Å²) in [7, 11) is 0. The number of aromatic amines is 1. The molecule has 0 saturated carbocycles. The number of piperidine rings is 1. The predicted octanol–water partition coefficient (Wildman–Crippen LogP) is 1.71. The molecule has 4 N–H and O–H groups in total. The van der Waals surface area contributed by atoms with Gasteiger partial charge in [-0.25, -0.2) is 9.97 Å². The van der Waals surface area contributed by atoms with Crippen molar-refractivity contribution >= 4 is 17.5 Å². The van der Waals surface area contributed by atoms with Crippen LogP contribution in [-0.2, 0) is 0 Å². The molecule has 1 fully saturated rings. The molecule has 0 unspecified atom stereocenters. The van der Waals surface area contributed by atoms with Gasteiger partial charge in [0.1, 0.15) is 23.8 Å². The lowest BCUT2D eigenvalue weighted by atomic mass is 10.1. The average molecular weight is 258 g/mol. The monoisotopic (exact) mass is 258 g/mol. The van der Waals surface area contributed by atoms with Gasteiger partial charge in [0.05, 0.1) is 0 Å². The van der Waals surface area contributed by atoms with E-state index in [2.05, 4.69) is 30.9 Å². The molecule has 0 atom stereocenters. The first-order chi connectivity index (χ1) is 9.40. The van der Waals surface area contributed by atoms with E-state index in [1.807, 2.05) is 24.4 Å². The van der Waals surface area contributed by atoms with E-state index in [1.54, 1.807) is 6.33 Å². The summed E-state index contributed by atoms with van der Waals surface area (Å²) in [6, 6.07) is 6.33. The number of aromatic nitrogens is 3. The Hall–Kier alpha value is -2.08. The normalized spacial score (nSPS) is 16.2. The summed E-state index contributed by atoms with van der Waals surface area (Å²) in [5.74, 6) is 2.58. The molecule has 19 heavy (non-hydrogen) atoms. The zero-order valence-corrected chi connectivity index (χ0v) is 10.7. The molecule has 2 aromatic rings. The quantitative estimate of drug-likeness (QED) is 0.671. The summed E-state index contributed by atoms with van der Waals surface area (Å²) in [4.78, 5) is 11.6. The van der Waals surface area contributed by atoms with Crippen LogP contribution in [0, 0.1) is 0 Å². The molecule has 0 spiro atoms. The Morgan fingerprint density at radius 1 is 1.16 bits per heavy atom. The molecular formula is C13H18N6. The molecule has 100 valence electrons. The standard InChI is InChI=1S/C13H18N6/c1-2-11(15-5-1)19-13-8-12(16-9-17-13)18-10-3-6-14-7-4-10/h1-2,5,8-10,14-15H,3-4,6-7H2,(H2,16,17,18,19). The number of nitrogens with zero attached hydrogens (tertiary/aromatic N) is 2. The maximum absolute atomic E-state index is 4.27. The van der Waals surface area contributed by atoms with E-state index in [-0.39, 0.29) is 0 Å². The Bertz CT molecular complexity index is 504. The fourth-order valence-corrected chi connectivity index (χ4v) is 2.23. The molecule has 1 aliphatic rings. The number of nitrogens with one attached hydrogen (secondary N) is 4. The largest absolute Gasteiger partial charge is 0.367 e. The maximum Gasteiger partial charge on any atom is 0.136 e. The second-order valence-electron chi connectivity index (χ2n) is 4.67. The van der Waals surface area contributed by atoms with Crippen molar-refractivity contribution < 1.29 is 0 Å². The first kappa shape index (κ1) is 12.0. The molecule has 2 aromatic heterocycles. The van der Waals surface area contributed by atoms with Crippen molar-refractivity contribution in [2.75, 3.05) is 23.7 Å². The second-order valence-corrected chi connectivity index (χ2v) is 4.67. The Kier molecular flexibility index (Phi) is 3.60. The average Bonchev–Trinajstić information content (AvgIpc) is 2.93. The summed E-state index contributed by atoms with van der Waals surface area (Å²) in [5.41, 5.74) is 0. The summed E-state index contributed by atoms with van der Waals surface area (Å²) < 4.78 is 0. The van der Waals surface area contributed by atoms with Crippen LogP contribution < -0.4 is 16.0 Å². The number of rotatable bonds is 4. The number of hydrogen-bond donors (Lipinski definition) is 4. The van der Waals surface area contributed by atoms with Crippen molar-refractivity contribution in [2.45, 2.75) is 18.9 Å². The number of hydrogen-bond acceptors (Lipinski definition) is 5. The summed E-state index contributed by atoms with van der Waals surface area (Å²) >= 11 is 0. The van der Waals surface area contributed by atoms with Crippen molar-refractivity contribution in [3.63, 3.8) is 0 Å². The molecule has 1 saturated heterocycles. The lowest BCUT2D eigenvalue weighted by Crippen LogP contribution is -2.35. The van der Waals surface area contributed by atoms with E-state index in [0.717, 1.165) is 43.4 Å². The van der Waals surface area contributed by atoms with Crippen molar-refractivity contribution in [3.8, 4) is 0 Å². The van der Waals surface area contributed by atoms with Gasteiger partial charge in [0.25, 0.3) is 0 Å². The summed E-state index contributed by atoms with van der Waals surface area (Å²) in [6.07, 6.45) is 5.71. The highest BCUT2D eigenvalue weighted by Gasteiger charge is 2.13. The Balaban J connectivity index is 1.65. The van der Waals surface area contributed by atoms with Crippen LogP contribution in [0.5, 0.6) is 0 Å². The Morgan fingerprint density at radius 3 is 2.79 bits per heavy atom. The van der Waals surface area contributed by atoms with Gasteiger partial charge < -0.3 is 20.9 Å². The van der Waals surface area contributed by atoms with Crippen molar-refractivity contribution in [3.05, 3.63) is 30.7 Å². The third-order valence-electron chi connectivity index (χ3n) is 3.22. The third kappa shape index (κ3) is 3.23. The first-order valence-corrected chi connectivity index (χ1v) is 6.60. The van der Waals surface area contributed by atoms with Crippen LogP contribution in [0.2, 0.25) is 0 Å². The highest BCUT2D eigenvalue weighted by Crippen LogP contribution is 2.16. The van der Waals surface area contributed by atoms with Gasteiger partial charge in [-0.3, -0.25) is 0 Å². The fraction of sp³-hybridized carbons (Fsp3) is 0.385. The minimum Gasteiger partial charge on any atom is -0.367 e. The van der Waals surface area contributed by atoms with Gasteiger partial charge in [-0.1, -0.05) is 0 Å². The Labute approximate surface area is 112 Å². The van der Waals surface area contributed by atoms with Crippen LogP contribution in [0.1, 0.15) is 12.8 Å². The highest BCUT2D eigenvalue weighted by atomic mass is 15.1. The molecule has 0 aromatic carbocycles. The van der Waals surface area contributed by atoms with Crippen molar-refractivity contribution in [1.29, 1.82) is 0 Å². The summed E-state index contributed by atoms with van der Waals surface area (Å²) in [5, 5.41) is 10.0. The van der Waals surface area contributed by atoms with E-state index >= 15 is 0 Å². The maximum atomic E-state index is 4.27. The number of H-pyrrole nitrogens is 1. The smallest absolute Gasteiger partial charge is 0.136 e. The Morgan fingerprint density at radius 2 is 2.00 bits per heavy atom. The van der Waals surface area contributed by atoms with E-state index in [0.29, 0.717) is 6.04 Å². The van der Waals surface area contributed by atoms with Crippen LogP contribution in [-0.4, -0.2) is 34.1 Å². The van der Waals surface area contributed by atoms with Gasteiger partial charge in [0, 0.05) is 18.3 Å². The molecule has 0 amide bonds. The molecule has 0 bridgehead atoms. The van der Waals surface area contributed by atoms with Gasteiger partial charge >= 0.3 is 0 Å². The van der Waals surface area contributed by atoms with Crippen molar-refractivity contribution in [1.82, 2.24) is 20.3 Å². The van der Waals surface area contributed by atoms with E-state index in [4.69, 9.17) is 0 Å². The van der Waals surface area contributed by atoms with E-state index < -0.39 is 0 Å². The molecule has 1 aliphatic heterocycles. The lowest BCUT2D eigenvalue weighted by molar-refractivity contribution is 0.478. The SMILES string of the molecule is c1c[nH]c(Nc2cc(NC3CCNCC3)ncn2)c1. The van der Waals surface area contributed by atoms with Crippen LogP contribution >= 0.6 is 0 Å².